The fourth-order valence-electron chi connectivity index (χ4n) is 3.25. The second-order valence-electron chi connectivity index (χ2n) is 6.51. The topological polar surface area (TPSA) is 79.2 Å². The molecule has 3 aromatic carbocycles. The Hall–Kier alpha value is -3.39. The molecule has 0 aliphatic rings. The van der Waals surface area contributed by atoms with Gasteiger partial charge in [-0.1, -0.05) is 48.5 Å². The molecule has 136 valence electrons. The van der Waals surface area contributed by atoms with E-state index in [0.717, 1.165) is 21.5 Å². The number of hydrogen-bond acceptors (Lipinski definition) is 4. The Morgan fingerprint density at radius 2 is 1.63 bits per heavy atom. The number of nitrogens with zero attached hydrogens (tertiary/aromatic N) is 1. The van der Waals surface area contributed by atoms with Crippen molar-refractivity contribution in [2.24, 2.45) is 5.92 Å². The predicted molar refractivity (Wildman–Crippen MR) is 104 cm³/mol. The zero-order chi connectivity index (χ0) is 19.4. The summed E-state index contributed by atoms with van der Waals surface area (Å²) in [6.45, 7) is 1.70. The lowest BCUT2D eigenvalue weighted by Gasteiger charge is -2.19. The van der Waals surface area contributed by atoms with Crippen LogP contribution in [0.4, 0.5) is 0 Å². The molecule has 5 nitrogen and oxygen atoms in total. The highest BCUT2D eigenvalue weighted by atomic mass is 16.5. The van der Waals surface area contributed by atoms with Crippen LogP contribution in [0.3, 0.4) is 0 Å². The van der Waals surface area contributed by atoms with Crippen LogP contribution in [-0.4, -0.2) is 25.0 Å². The van der Waals surface area contributed by atoms with E-state index in [1.807, 2.05) is 54.6 Å². The van der Waals surface area contributed by atoms with Crippen LogP contribution in [0.1, 0.15) is 23.7 Å². The quantitative estimate of drug-likeness (QED) is 0.554. The number of nitriles is 1. The third kappa shape index (κ3) is 3.75. The van der Waals surface area contributed by atoms with Gasteiger partial charge in [0.05, 0.1) is 18.7 Å². The van der Waals surface area contributed by atoms with E-state index in [2.05, 4.69) is 11.4 Å². The van der Waals surface area contributed by atoms with Crippen LogP contribution < -0.4 is 5.32 Å². The second-order valence-corrected chi connectivity index (χ2v) is 6.51. The van der Waals surface area contributed by atoms with Gasteiger partial charge in [-0.25, -0.2) is 4.79 Å². The van der Waals surface area contributed by atoms with E-state index >= 15 is 0 Å². The first-order valence-corrected chi connectivity index (χ1v) is 8.74. The maximum atomic E-state index is 13.2. The molecule has 0 saturated heterocycles. The summed E-state index contributed by atoms with van der Waals surface area (Å²) in [6, 6.07) is 18.5. The van der Waals surface area contributed by atoms with E-state index in [1.54, 1.807) is 6.92 Å². The van der Waals surface area contributed by atoms with Crippen LogP contribution >= 0.6 is 0 Å². The number of fused-ring (bicyclic) bond motifs is 2. The molecule has 5 heteroatoms. The van der Waals surface area contributed by atoms with Gasteiger partial charge in [0.15, 0.2) is 0 Å². The molecule has 0 spiro atoms. The molecule has 0 unspecified atom stereocenters. The van der Waals surface area contributed by atoms with Gasteiger partial charge in [0.1, 0.15) is 6.04 Å². The van der Waals surface area contributed by atoms with Crippen molar-refractivity contribution in [3.05, 3.63) is 60.2 Å². The maximum Gasteiger partial charge on any atom is 0.328 e. The van der Waals surface area contributed by atoms with Gasteiger partial charge in [0.25, 0.3) is 5.91 Å². The van der Waals surface area contributed by atoms with Crippen LogP contribution in [0.25, 0.3) is 21.5 Å². The number of rotatable bonds is 5. The number of methoxy groups -OCH3 is 1. The maximum absolute atomic E-state index is 13.2. The van der Waals surface area contributed by atoms with Crippen LogP contribution in [-0.2, 0) is 9.53 Å². The highest BCUT2D eigenvalue weighted by molar-refractivity contribution is 6.18. The number of hydrogen-bond donors (Lipinski definition) is 1. The molecular weight excluding hydrogens is 340 g/mol. The summed E-state index contributed by atoms with van der Waals surface area (Å²) in [4.78, 5) is 25.3. The van der Waals surface area contributed by atoms with E-state index < -0.39 is 17.9 Å². The van der Waals surface area contributed by atoms with E-state index in [9.17, 15) is 9.59 Å². The number of carbonyl (C=O) groups excluding carboxylic acids is 2. The standard InChI is InChI=1S/C22H20N2O3/c1-14(13-23)11-19(22(26)27-2)24-21(25)20-17-9-5-3-7-15(17)12-16-8-4-6-10-18(16)20/h3-10,12,14,19H,11H2,1-2H3,(H,24,25)/t14-,19+/m0/s1. The first-order valence-electron chi connectivity index (χ1n) is 8.74. The number of carbonyl (C=O) groups is 2. The third-order valence-corrected chi connectivity index (χ3v) is 4.60. The number of amides is 1. The summed E-state index contributed by atoms with van der Waals surface area (Å²) >= 11 is 0. The van der Waals surface area contributed by atoms with Crippen LogP contribution in [0.2, 0.25) is 0 Å². The van der Waals surface area contributed by atoms with Gasteiger partial charge in [-0.2, -0.15) is 5.26 Å². The van der Waals surface area contributed by atoms with Crippen molar-refractivity contribution in [3.63, 3.8) is 0 Å². The van der Waals surface area contributed by atoms with Crippen molar-refractivity contribution in [2.75, 3.05) is 7.11 Å². The number of esters is 1. The first kappa shape index (κ1) is 18.4. The van der Waals surface area contributed by atoms with Crippen molar-refractivity contribution in [2.45, 2.75) is 19.4 Å². The number of benzene rings is 3. The lowest BCUT2D eigenvalue weighted by atomic mass is 9.95. The van der Waals surface area contributed by atoms with Gasteiger partial charge in [-0.3, -0.25) is 4.79 Å². The molecule has 0 aromatic heterocycles. The molecule has 0 aliphatic heterocycles. The summed E-state index contributed by atoms with van der Waals surface area (Å²) in [5.41, 5.74) is 0.516. The number of ether oxygens (including phenoxy) is 1. The van der Waals surface area contributed by atoms with E-state index in [4.69, 9.17) is 10.00 Å². The van der Waals surface area contributed by atoms with Crippen molar-refractivity contribution in [3.8, 4) is 6.07 Å². The monoisotopic (exact) mass is 360 g/mol. The highest BCUT2D eigenvalue weighted by Gasteiger charge is 2.26. The molecule has 27 heavy (non-hydrogen) atoms. The zero-order valence-electron chi connectivity index (χ0n) is 15.2. The normalized spacial score (nSPS) is 12.9. The van der Waals surface area contributed by atoms with Crippen LogP contribution in [0.5, 0.6) is 0 Å². The Labute approximate surface area is 157 Å². The van der Waals surface area contributed by atoms with Crippen LogP contribution in [0.15, 0.2) is 54.6 Å². The Balaban J connectivity index is 2.08. The Morgan fingerprint density at radius 3 is 2.15 bits per heavy atom. The lowest BCUT2D eigenvalue weighted by molar-refractivity contribution is -0.143. The molecule has 0 saturated carbocycles. The van der Waals surface area contributed by atoms with Gasteiger partial charge in [-0.05, 0) is 41.0 Å². The molecule has 0 heterocycles. The van der Waals surface area contributed by atoms with Gasteiger partial charge >= 0.3 is 5.97 Å². The van der Waals surface area contributed by atoms with Gasteiger partial charge in [0.2, 0.25) is 0 Å². The molecular formula is C22H20N2O3. The third-order valence-electron chi connectivity index (χ3n) is 4.60. The average Bonchev–Trinajstić information content (AvgIpc) is 2.70. The molecule has 1 amide bonds. The lowest BCUT2D eigenvalue weighted by Crippen LogP contribution is -2.42. The minimum Gasteiger partial charge on any atom is -0.467 e. The van der Waals surface area contributed by atoms with Crippen LogP contribution in [0, 0.1) is 17.2 Å². The SMILES string of the molecule is COC(=O)[C@@H](C[C@H](C)C#N)NC(=O)c1c2ccccc2cc2ccccc12. The summed E-state index contributed by atoms with van der Waals surface area (Å²) in [5.74, 6) is -1.31. The molecule has 2 atom stereocenters. The van der Waals surface area contributed by atoms with Gasteiger partial charge in [0, 0.05) is 5.92 Å². The Bertz CT molecular complexity index is 998. The first-order chi connectivity index (χ1) is 13.0. The van der Waals surface area contributed by atoms with Crippen molar-refractivity contribution in [1.29, 1.82) is 5.26 Å². The van der Waals surface area contributed by atoms with E-state index in [-0.39, 0.29) is 12.3 Å². The average molecular weight is 360 g/mol. The molecule has 3 rings (SSSR count). The van der Waals surface area contributed by atoms with Gasteiger partial charge in [-0.15, -0.1) is 0 Å². The smallest absolute Gasteiger partial charge is 0.328 e. The predicted octanol–water partition coefficient (Wildman–Crippen LogP) is 3.81. The molecule has 0 bridgehead atoms. The largest absolute Gasteiger partial charge is 0.467 e. The molecule has 0 fully saturated rings. The fourth-order valence-corrected chi connectivity index (χ4v) is 3.25. The van der Waals surface area contributed by atoms with Gasteiger partial charge < -0.3 is 10.1 Å². The number of nitrogens with one attached hydrogen (secondary N) is 1. The molecule has 0 aliphatic carbocycles. The molecule has 3 aromatic rings. The minimum atomic E-state index is -0.880. The summed E-state index contributed by atoms with van der Waals surface area (Å²) < 4.78 is 4.81. The Kier molecular flexibility index (Phi) is 5.37. The fraction of sp³-hybridized carbons (Fsp3) is 0.227. The minimum absolute atomic E-state index is 0.192. The Morgan fingerprint density at radius 1 is 1.07 bits per heavy atom. The van der Waals surface area contributed by atoms with Crippen molar-refractivity contribution >= 4 is 33.4 Å². The molecule has 1 N–H and O–H groups in total. The highest BCUT2D eigenvalue weighted by Crippen LogP contribution is 2.28. The zero-order valence-corrected chi connectivity index (χ0v) is 15.2. The second kappa shape index (κ2) is 7.88. The van der Waals surface area contributed by atoms with E-state index in [0.29, 0.717) is 5.56 Å². The van der Waals surface area contributed by atoms with Crippen molar-refractivity contribution in [1.82, 2.24) is 5.32 Å². The van der Waals surface area contributed by atoms with Crippen molar-refractivity contribution < 1.29 is 14.3 Å². The summed E-state index contributed by atoms with van der Waals surface area (Å²) in [6.07, 6.45) is 0.192. The summed E-state index contributed by atoms with van der Waals surface area (Å²) in [5, 5.41) is 15.3. The van der Waals surface area contributed by atoms with E-state index in [1.165, 1.54) is 7.11 Å². The summed E-state index contributed by atoms with van der Waals surface area (Å²) in [7, 11) is 1.27. The molecule has 0 radical (unpaired) electrons.